The highest BCUT2D eigenvalue weighted by Crippen LogP contribution is 2.28. The second kappa shape index (κ2) is 9.52. The first-order valence-corrected chi connectivity index (χ1v) is 9.39. The zero-order chi connectivity index (χ0) is 19.9. The summed E-state index contributed by atoms with van der Waals surface area (Å²) in [4.78, 5) is 12.0. The van der Waals surface area contributed by atoms with Crippen LogP contribution >= 0.6 is 23.4 Å². The highest BCUT2D eigenvalue weighted by atomic mass is 35.5. The summed E-state index contributed by atoms with van der Waals surface area (Å²) in [5, 5.41) is 11.3. The van der Waals surface area contributed by atoms with Gasteiger partial charge in [-0.05, 0) is 29.8 Å². The minimum atomic E-state index is -2.87. The van der Waals surface area contributed by atoms with Gasteiger partial charge in [-0.25, -0.2) is 0 Å². The highest BCUT2D eigenvalue weighted by molar-refractivity contribution is 7.99. The monoisotopic (exact) mass is 425 g/mol. The fourth-order valence-corrected chi connectivity index (χ4v) is 2.99. The Kier molecular flexibility index (Phi) is 6.83. The average molecular weight is 426 g/mol. The topological polar surface area (TPSA) is 77.2 Å². The summed E-state index contributed by atoms with van der Waals surface area (Å²) in [6.07, 6.45) is 0. The molecule has 146 valence electrons. The number of amides is 1. The highest BCUT2D eigenvalue weighted by Gasteiger charge is 2.13. The Morgan fingerprint density at radius 1 is 1.18 bits per heavy atom. The van der Waals surface area contributed by atoms with Crippen molar-refractivity contribution in [1.82, 2.24) is 15.5 Å². The minimum Gasteiger partial charge on any atom is -0.435 e. The largest absolute Gasteiger partial charge is 0.435 e. The second-order valence-corrected chi connectivity index (χ2v) is 6.77. The van der Waals surface area contributed by atoms with Gasteiger partial charge in [-0.3, -0.25) is 4.79 Å². The van der Waals surface area contributed by atoms with Crippen molar-refractivity contribution in [3.8, 4) is 17.2 Å². The summed E-state index contributed by atoms with van der Waals surface area (Å²) in [5.41, 5.74) is 1.37. The summed E-state index contributed by atoms with van der Waals surface area (Å²) in [7, 11) is 0. The van der Waals surface area contributed by atoms with Crippen molar-refractivity contribution in [3.63, 3.8) is 0 Å². The number of hydrogen-bond acceptors (Lipinski definition) is 6. The Balaban J connectivity index is 1.46. The molecule has 1 aromatic heterocycles. The number of nitrogens with zero attached hydrogens (tertiary/aromatic N) is 2. The maximum atomic E-state index is 12.1. The summed E-state index contributed by atoms with van der Waals surface area (Å²) < 4.78 is 34.0. The molecule has 28 heavy (non-hydrogen) atoms. The van der Waals surface area contributed by atoms with Crippen LogP contribution in [0.5, 0.6) is 5.75 Å². The summed E-state index contributed by atoms with van der Waals surface area (Å²) >= 11 is 7.18. The Morgan fingerprint density at radius 2 is 1.93 bits per heavy atom. The number of alkyl halides is 2. The van der Waals surface area contributed by atoms with E-state index in [-0.39, 0.29) is 35.1 Å². The third-order valence-electron chi connectivity index (χ3n) is 3.48. The molecule has 0 aliphatic carbocycles. The molecule has 10 heteroatoms. The molecule has 0 unspecified atom stereocenters. The predicted octanol–water partition coefficient (Wildman–Crippen LogP) is 4.40. The zero-order valence-electron chi connectivity index (χ0n) is 14.3. The lowest BCUT2D eigenvalue weighted by Crippen LogP contribution is -2.24. The molecule has 0 saturated carbocycles. The van der Waals surface area contributed by atoms with Gasteiger partial charge in [-0.15, -0.1) is 10.2 Å². The molecule has 0 atom stereocenters. The molecular weight excluding hydrogens is 412 g/mol. The molecule has 0 spiro atoms. The van der Waals surface area contributed by atoms with E-state index in [2.05, 4.69) is 20.3 Å². The smallest absolute Gasteiger partial charge is 0.387 e. The fraction of sp³-hybridized carbons (Fsp3) is 0.167. The quantitative estimate of drug-likeness (QED) is 0.539. The van der Waals surface area contributed by atoms with E-state index in [1.807, 2.05) is 0 Å². The van der Waals surface area contributed by atoms with Crippen LogP contribution in [0.15, 0.2) is 58.2 Å². The lowest BCUT2D eigenvalue weighted by molar-refractivity contribution is -0.118. The number of carbonyl (C=O) groups is 1. The number of hydrogen-bond donors (Lipinski definition) is 1. The number of halogens is 3. The van der Waals surface area contributed by atoms with Gasteiger partial charge in [-0.2, -0.15) is 8.78 Å². The molecule has 0 bridgehead atoms. The standard InChI is InChI=1S/C18H14ClF2N3O3S/c19-14-4-2-1-3-13(14)16-23-24-18(27-16)28-10-15(25)22-9-11-5-7-12(8-6-11)26-17(20)21/h1-8,17H,9-10H2,(H,22,25). The molecule has 3 rings (SSSR count). The normalized spacial score (nSPS) is 10.9. The third kappa shape index (κ3) is 5.67. The molecule has 1 heterocycles. The molecule has 0 radical (unpaired) electrons. The van der Waals surface area contributed by atoms with Crippen molar-refractivity contribution in [2.75, 3.05) is 5.75 Å². The van der Waals surface area contributed by atoms with E-state index >= 15 is 0 Å². The van der Waals surface area contributed by atoms with Gasteiger partial charge in [0.15, 0.2) is 0 Å². The zero-order valence-corrected chi connectivity index (χ0v) is 15.8. The van der Waals surface area contributed by atoms with Crippen LogP contribution in [0, 0.1) is 0 Å². The minimum absolute atomic E-state index is 0.0614. The van der Waals surface area contributed by atoms with E-state index in [1.165, 1.54) is 12.1 Å². The number of carbonyl (C=O) groups excluding carboxylic acids is 1. The van der Waals surface area contributed by atoms with Crippen molar-refractivity contribution >= 4 is 29.3 Å². The van der Waals surface area contributed by atoms with E-state index in [1.54, 1.807) is 36.4 Å². The Morgan fingerprint density at radius 3 is 2.64 bits per heavy atom. The molecule has 1 amide bonds. The molecule has 3 aromatic rings. The molecule has 2 aromatic carbocycles. The lowest BCUT2D eigenvalue weighted by atomic mass is 10.2. The van der Waals surface area contributed by atoms with E-state index in [4.69, 9.17) is 16.0 Å². The van der Waals surface area contributed by atoms with Crippen LogP contribution in [-0.2, 0) is 11.3 Å². The van der Waals surface area contributed by atoms with E-state index in [0.717, 1.165) is 17.3 Å². The first-order valence-electron chi connectivity index (χ1n) is 8.03. The maximum Gasteiger partial charge on any atom is 0.387 e. The van der Waals surface area contributed by atoms with Crippen molar-refractivity contribution in [2.24, 2.45) is 0 Å². The Hall–Kier alpha value is -2.65. The number of benzene rings is 2. The fourth-order valence-electron chi connectivity index (χ4n) is 2.18. The first-order chi connectivity index (χ1) is 13.5. The lowest BCUT2D eigenvalue weighted by Gasteiger charge is -2.07. The van der Waals surface area contributed by atoms with Gasteiger partial charge in [0, 0.05) is 6.54 Å². The van der Waals surface area contributed by atoms with E-state index in [0.29, 0.717) is 10.6 Å². The van der Waals surface area contributed by atoms with Crippen LogP contribution in [-0.4, -0.2) is 28.5 Å². The van der Waals surface area contributed by atoms with E-state index < -0.39 is 6.61 Å². The van der Waals surface area contributed by atoms with Gasteiger partial charge >= 0.3 is 6.61 Å². The van der Waals surface area contributed by atoms with Crippen molar-refractivity contribution < 1.29 is 22.7 Å². The van der Waals surface area contributed by atoms with E-state index in [9.17, 15) is 13.6 Å². The Bertz CT molecular complexity index is 938. The number of rotatable bonds is 8. The molecule has 0 saturated heterocycles. The molecule has 0 aliphatic rings. The number of thioether (sulfide) groups is 1. The number of ether oxygens (including phenoxy) is 1. The average Bonchev–Trinajstić information content (AvgIpc) is 3.14. The van der Waals surface area contributed by atoms with Gasteiger partial charge in [-0.1, -0.05) is 47.6 Å². The summed E-state index contributed by atoms with van der Waals surface area (Å²) in [6, 6.07) is 13.1. The van der Waals surface area contributed by atoms with Crippen LogP contribution in [0.4, 0.5) is 8.78 Å². The van der Waals surface area contributed by atoms with Crippen LogP contribution in [0.25, 0.3) is 11.5 Å². The van der Waals surface area contributed by atoms with Crippen LogP contribution in [0.1, 0.15) is 5.56 Å². The number of aromatic nitrogens is 2. The van der Waals surface area contributed by atoms with Gasteiger partial charge in [0.2, 0.25) is 11.8 Å². The van der Waals surface area contributed by atoms with Crippen molar-refractivity contribution in [1.29, 1.82) is 0 Å². The van der Waals surface area contributed by atoms with Gasteiger partial charge in [0.25, 0.3) is 5.22 Å². The first kappa shape index (κ1) is 20.1. The SMILES string of the molecule is O=C(CSc1nnc(-c2ccccc2Cl)o1)NCc1ccc(OC(F)F)cc1. The molecule has 1 N–H and O–H groups in total. The van der Waals surface area contributed by atoms with Crippen LogP contribution < -0.4 is 10.1 Å². The van der Waals surface area contributed by atoms with Gasteiger partial charge < -0.3 is 14.5 Å². The van der Waals surface area contributed by atoms with Crippen LogP contribution in [0.3, 0.4) is 0 Å². The molecule has 6 nitrogen and oxygen atoms in total. The van der Waals surface area contributed by atoms with Gasteiger partial charge in [0.1, 0.15) is 5.75 Å². The Labute approximate surface area is 168 Å². The molecular formula is C18H14ClF2N3O3S. The number of nitrogens with one attached hydrogen (secondary N) is 1. The molecule has 0 aliphatic heterocycles. The predicted molar refractivity (Wildman–Crippen MR) is 100 cm³/mol. The second-order valence-electron chi connectivity index (χ2n) is 5.44. The summed E-state index contributed by atoms with van der Waals surface area (Å²) in [5.74, 6) is 0.179. The third-order valence-corrected chi connectivity index (χ3v) is 4.62. The van der Waals surface area contributed by atoms with Crippen LogP contribution in [0.2, 0.25) is 5.02 Å². The van der Waals surface area contributed by atoms with Gasteiger partial charge in [0.05, 0.1) is 16.3 Å². The maximum absolute atomic E-state index is 12.1. The van der Waals surface area contributed by atoms with Crippen molar-refractivity contribution in [2.45, 2.75) is 18.4 Å². The summed E-state index contributed by atoms with van der Waals surface area (Å²) in [6.45, 7) is -2.62. The molecule has 0 fully saturated rings. The van der Waals surface area contributed by atoms with Crippen molar-refractivity contribution in [3.05, 3.63) is 59.1 Å².